The molecular formula is C23H21ClN4O6S2. The van der Waals surface area contributed by atoms with Crippen molar-refractivity contribution >= 4 is 50.1 Å². The SMILES string of the molecule is COc1cc(C=C(C#N)C(=O)Nc2nc(S(C)(=O)=O)ns2)ccc1OCCOc1ccc(Cl)c(C)c1. The van der Waals surface area contributed by atoms with Gasteiger partial charge in [0.05, 0.1) is 7.11 Å². The zero-order chi connectivity index (χ0) is 26.3. The number of aryl methyl sites for hydroxylation is 1. The summed E-state index contributed by atoms with van der Waals surface area (Å²) >= 11 is 6.71. The number of nitrogens with one attached hydrogen (secondary N) is 1. The lowest BCUT2D eigenvalue weighted by atomic mass is 10.1. The van der Waals surface area contributed by atoms with E-state index in [1.807, 2.05) is 19.1 Å². The molecule has 2 aromatic carbocycles. The molecule has 0 radical (unpaired) electrons. The fraction of sp³-hybridized carbons (Fsp3) is 0.217. The Morgan fingerprint density at radius 1 is 1.19 bits per heavy atom. The number of carbonyl (C=O) groups excluding carboxylic acids is 1. The largest absolute Gasteiger partial charge is 0.493 e. The van der Waals surface area contributed by atoms with Crippen LogP contribution in [0.15, 0.2) is 47.1 Å². The lowest BCUT2D eigenvalue weighted by molar-refractivity contribution is -0.112. The van der Waals surface area contributed by atoms with E-state index in [0.717, 1.165) is 11.8 Å². The lowest BCUT2D eigenvalue weighted by Gasteiger charge is -2.12. The zero-order valence-corrected chi connectivity index (χ0v) is 21.8. The fourth-order valence-electron chi connectivity index (χ4n) is 2.80. The molecule has 0 atom stereocenters. The van der Waals surface area contributed by atoms with E-state index in [4.69, 9.17) is 25.8 Å². The highest BCUT2D eigenvalue weighted by Crippen LogP contribution is 2.29. The Balaban J connectivity index is 1.64. The summed E-state index contributed by atoms with van der Waals surface area (Å²) in [6.45, 7) is 2.42. The predicted molar refractivity (Wildman–Crippen MR) is 135 cm³/mol. The van der Waals surface area contributed by atoms with E-state index in [0.29, 0.717) is 39.4 Å². The van der Waals surface area contributed by atoms with Gasteiger partial charge in [-0.1, -0.05) is 17.7 Å². The van der Waals surface area contributed by atoms with E-state index in [1.54, 1.807) is 30.3 Å². The summed E-state index contributed by atoms with van der Waals surface area (Å²) in [5.41, 5.74) is 1.19. The number of carbonyl (C=O) groups is 1. The molecule has 0 spiro atoms. The van der Waals surface area contributed by atoms with E-state index in [9.17, 15) is 18.5 Å². The number of hydrogen-bond acceptors (Lipinski definition) is 10. The first kappa shape index (κ1) is 26.9. The third-order valence-corrected chi connectivity index (χ3v) is 6.58. The number of nitrogens with zero attached hydrogens (tertiary/aromatic N) is 3. The van der Waals surface area contributed by atoms with Crippen LogP contribution in [-0.4, -0.2) is 50.3 Å². The Labute approximate surface area is 217 Å². The van der Waals surface area contributed by atoms with Crippen LogP contribution < -0.4 is 19.5 Å². The average Bonchev–Trinajstić information content (AvgIpc) is 3.32. The molecule has 1 heterocycles. The molecule has 0 aliphatic heterocycles. The minimum absolute atomic E-state index is 0.0427. The summed E-state index contributed by atoms with van der Waals surface area (Å²) in [6, 6.07) is 12.1. The minimum atomic E-state index is -3.61. The molecule has 13 heteroatoms. The van der Waals surface area contributed by atoms with Crippen LogP contribution in [0.25, 0.3) is 6.08 Å². The van der Waals surface area contributed by atoms with Crippen LogP contribution in [0.3, 0.4) is 0 Å². The highest BCUT2D eigenvalue weighted by atomic mass is 35.5. The maximum atomic E-state index is 12.5. The Kier molecular flexibility index (Phi) is 8.87. The molecule has 0 saturated carbocycles. The molecule has 0 bridgehead atoms. The second-order valence-electron chi connectivity index (χ2n) is 7.30. The third-order valence-electron chi connectivity index (χ3n) is 4.56. The lowest BCUT2D eigenvalue weighted by Crippen LogP contribution is -2.13. The van der Waals surface area contributed by atoms with Crippen LogP contribution in [-0.2, 0) is 14.6 Å². The molecule has 1 N–H and O–H groups in total. The van der Waals surface area contributed by atoms with Gasteiger partial charge in [0.1, 0.15) is 30.6 Å². The second kappa shape index (κ2) is 11.9. The normalized spacial score (nSPS) is 11.5. The molecule has 0 unspecified atom stereocenters. The summed E-state index contributed by atoms with van der Waals surface area (Å²) < 4.78 is 43.4. The third kappa shape index (κ3) is 7.17. The molecular weight excluding hydrogens is 528 g/mol. The van der Waals surface area contributed by atoms with Crippen LogP contribution in [0.4, 0.5) is 5.13 Å². The number of rotatable bonds is 10. The van der Waals surface area contributed by atoms with Gasteiger partial charge >= 0.3 is 0 Å². The van der Waals surface area contributed by atoms with E-state index < -0.39 is 20.9 Å². The van der Waals surface area contributed by atoms with Crippen molar-refractivity contribution in [3.05, 3.63) is 58.1 Å². The zero-order valence-electron chi connectivity index (χ0n) is 19.4. The number of aromatic nitrogens is 2. The molecule has 10 nitrogen and oxygen atoms in total. The van der Waals surface area contributed by atoms with Crippen LogP contribution in [0.5, 0.6) is 17.2 Å². The van der Waals surface area contributed by atoms with Crippen LogP contribution in [0.2, 0.25) is 5.02 Å². The number of sulfone groups is 1. The molecule has 0 aliphatic carbocycles. The van der Waals surface area contributed by atoms with Gasteiger partial charge in [-0.2, -0.15) is 14.6 Å². The van der Waals surface area contributed by atoms with Gasteiger partial charge in [-0.05, 0) is 54.5 Å². The highest BCUT2D eigenvalue weighted by molar-refractivity contribution is 7.90. The maximum absolute atomic E-state index is 12.5. The number of ether oxygens (including phenoxy) is 3. The number of benzene rings is 2. The van der Waals surface area contributed by atoms with Gasteiger partial charge in [0.15, 0.2) is 11.5 Å². The molecule has 1 amide bonds. The van der Waals surface area contributed by atoms with Crippen molar-refractivity contribution in [2.24, 2.45) is 0 Å². The van der Waals surface area contributed by atoms with E-state index >= 15 is 0 Å². The Hall–Kier alpha value is -3.66. The van der Waals surface area contributed by atoms with Crippen molar-refractivity contribution in [2.45, 2.75) is 12.1 Å². The van der Waals surface area contributed by atoms with Gasteiger partial charge in [-0.25, -0.2) is 8.42 Å². The van der Waals surface area contributed by atoms with Crippen molar-refractivity contribution in [3.8, 4) is 23.3 Å². The first-order valence-corrected chi connectivity index (χ1v) is 13.3. The molecule has 3 rings (SSSR count). The molecule has 0 saturated heterocycles. The van der Waals surface area contributed by atoms with Crippen LogP contribution in [0, 0.1) is 18.3 Å². The van der Waals surface area contributed by atoms with E-state index in [1.165, 1.54) is 13.2 Å². The van der Waals surface area contributed by atoms with Gasteiger partial charge in [-0.3, -0.25) is 10.1 Å². The van der Waals surface area contributed by atoms with Gasteiger partial charge in [-0.15, -0.1) is 0 Å². The molecule has 0 aliphatic rings. The first-order chi connectivity index (χ1) is 17.1. The number of methoxy groups -OCH3 is 1. The molecule has 36 heavy (non-hydrogen) atoms. The average molecular weight is 549 g/mol. The number of nitriles is 1. The fourth-order valence-corrected chi connectivity index (χ4v) is 4.36. The molecule has 3 aromatic rings. The quantitative estimate of drug-likeness (QED) is 0.227. The topological polar surface area (TPSA) is 140 Å². The van der Waals surface area contributed by atoms with E-state index in [-0.39, 0.29) is 23.9 Å². The standard InChI is InChI=1S/C23H21ClN4O6S2/c1-14-10-17(5-6-18(14)24)33-8-9-34-19-7-4-15(12-20(19)32-2)11-16(13-25)21(29)26-22-27-23(28-35-22)36(3,30)31/h4-7,10-12H,8-9H2,1-3H3,(H,26,27,28,29). The summed E-state index contributed by atoms with van der Waals surface area (Å²) in [4.78, 5) is 16.2. The Morgan fingerprint density at radius 2 is 1.94 bits per heavy atom. The predicted octanol–water partition coefficient (Wildman–Crippen LogP) is 3.92. The summed E-state index contributed by atoms with van der Waals surface area (Å²) in [7, 11) is -2.14. The number of halogens is 1. The van der Waals surface area contributed by atoms with Crippen molar-refractivity contribution < 1.29 is 27.4 Å². The summed E-state index contributed by atoms with van der Waals surface area (Å²) in [5.74, 6) is 0.764. The van der Waals surface area contributed by atoms with Crippen LogP contribution in [0.1, 0.15) is 11.1 Å². The molecule has 0 fully saturated rings. The number of anilines is 1. The van der Waals surface area contributed by atoms with Gasteiger partial charge in [0.2, 0.25) is 15.0 Å². The van der Waals surface area contributed by atoms with Crippen molar-refractivity contribution in [1.82, 2.24) is 9.36 Å². The highest BCUT2D eigenvalue weighted by Gasteiger charge is 2.17. The molecule has 188 valence electrons. The van der Waals surface area contributed by atoms with Gasteiger partial charge < -0.3 is 14.2 Å². The Morgan fingerprint density at radius 3 is 2.58 bits per heavy atom. The number of hydrogen-bond donors (Lipinski definition) is 1. The van der Waals surface area contributed by atoms with Crippen molar-refractivity contribution in [1.29, 1.82) is 5.26 Å². The first-order valence-electron chi connectivity index (χ1n) is 10.3. The monoisotopic (exact) mass is 548 g/mol. The smallest absolute Gasteiger partial charge is 0.268 e. The summed E-state index contributed by atoms with van der Waals surface area (Å²) in [6.07, 6.45) is 2.31. The summed E-state index contributed by atoms with van der Waals surface area (Å²) in [5, 5.41) is 12.0. The van der Waals surface area contributed by atoms with Crippen LogP contribution >= 0.6 is 23.1 Å². The minimum Gasteiger partial charge on any atom is -0.493 e. The second-order valence-corrected chi connectivity index (χ2v) is 10.4. The maximum Gasteiger partial charge on any atom is 0.268 e. The van der Waals surface area contributed by atoms with Gasteiger partial charge in [0.25, 0.3) is 11.1 Å². The van der Waals surface area contributed by atoms with E-state index in [2.05, 4.69) is 14.7 Å². The van der Waals surface area contributed by atoms with Crippen molar-refractivity contribution in [3.63, 3.8) is 0 Å². The Bertz CT molecular complexity index is 1450. The number of amides is 1. The van der Waals surface area contributed by atoms with Crippen molar-refractivity contribution in [2.75, 3.05) is 31.9 Å². The van der Waals surface area contributed by atoms with Gasteiger partial charge in [0, 0.05) is 22.8 Å². The molecule has 1 aromatic heterocycles.